The second-order valence-corrected chi connectivity index (χ2v) is 7.21. The Bertz CT molecular complexity index is 821. The summed E-state index contributed by atoms with van der Waals surface area (Å²) < 4.78 is 10.8. The molecule has 1 amide bonds. The van der Waals surface area contributed by atoms with Gasteiger partial charge in [0.25, 0.3) is 5.91 Å². The van der Waals surface area contributed by atoms with Gasteiger partial charge in [-0.3, -0.25) is 9.69 Å². The third-order valence-corrected chi connectivity index (χ3v) is 5.26. The lowest BCUT2D eigenvalue weighted by Gasteiger charge is -2.35. The Labute approximate surface area is 169 Å². The lowest BCUT2D eigenvalue weighted by atomic mass is 10.1. The van der Waals surface area contributed by atoms with Gasteiger partial charge >= 0.3 is 0 Å². The molecule has 2 aromatic carbocycles. The number of nitrogens with zero attached hydrogens (tertiary/aromatic N) is 2. The molecule has 27 heavy (non-hydrogen) atoms. The van der Waals surface area contributed by atoms with E-state index in [1.807, 2.05) is 23.1 Å². The Morgan fingerprint density at radius 3 is 2.41 bits per heavy atom. The van der Waals surface area contributed by atoms with Crippen molar-refractivity contribution in [2.45, 2.75) is 6.54 Å². The quantitative estimate of drug-likeness (QED) is 0.750. The average molecular weight is 409 g/mol. The van der Waals surface area contributed by atoms with Gasteiger partial charge in [0.15, 0.2) is 0 Å². The molecule has 5 nitrogen and oxygen atoms in total. The second kappa shape index (κ2) is 8.83. The van der Waals surface area contributed by atoms with Gasteiger partial charge in [0.2, 0.25) is 0 Å². The topological polar surface area (TPSA) is 42.0 Å². The van der Waals surface area contributed by atoms with Crippen LogP contribution < -0.4 is 9.47 Å². The molecule has 0 atom stereocenters. The number of ether oxygens (including phenoxy) is 2. The van der Waals surface area contributed by atoms with Gasteiger partial charge in [-0.1, -0.05) is 23.2 Å². The maximum atomic E-state index is 12.7. The lowest BCUT2D eigenvalue weighted by Crippen LogP contribution is -2.48. The first-order valence-electron chi connectivity index (χ1n) is 8.69. The van der Waals surface area contributed by atoms with E-state index in [0.717, 1.165) is 36.7 Å². The molecule has 3 rings (SSSR count). The molecule has 1 saturated heterocycles. The fraction of sp³-hybridized carbons (Fsp3) is 0.350. The zero-order valence-electron chi connectivity index (χ0n) is 15.4. The summed E-state index contributed by atoms with van der Waals surface area (Å²) in [6, 6.07) is 10.7. The summed E-state index contributed by atoms with van der Waals surface area (Å²) in [4.78, 5) is 16.9. The van der Waals surface area contributed by atoms with Crippen LogP contribution in [0, 0.1) is 0 Å². The van der Waals surface area contributed by atoms with Gasteiger partial charge in [0.05, 0.1) is 24.8 Å². The third-order valence-electron chi connectivity index (χ3n) is 4.70. The first-order valence-corrected chi connectivity index (χ1v) is 9.45. The van der Waals surface area contributed by atoms with Crippen LogP contribution in [0.3, 0.4) is 0 Å². The van der Waals surface area contributed by atoms with E-state index in [1.165, 1.54) is 0 Å². The largest absolute Gasteiger partial charge is 0.497 e. The molecule has 0 N–H and O–H groups in total. The molecular weight excluding hydrogens is 387 g/mol. The van der Waals surface area contributed by atoms with Gasteiger partial charge in [-0.2, -0.15) is 0 Å². The van der Waals surface area contributed by atoms with E-state index in [1.54, 1.807) is 32.4 Å². The highest BCUT2D eigenvalue weighted by molar-refractivity contribution is 6.35. The average Bonchev–Trinajstić information content (AvgIpc) is 2.69. The Hall–Kier alpha value is -1.95. The highest BCUT2D eigenvalue weighted by atomic mass is 35.5. The molecule has 7 heteroatoms. The van der Waals surface area contributed by atoms with Gasteiger partial charge in [0, 0.05) is 43.3 Å². The van der Waals surface area contributed by atoms with Gasteiger partial charge < -0.3 is 14.4 Å². The molecule has 144 valence electrons. The maximum absolute atomic E-state index is 12.7. The minimum Gasteiger partial charge on any atom is -0.497 e. The third kappa shape index (κ3) is 4.67. The predicted octanol–water partition coefficient (Wildman–Crippen LogP) is 3.97. The first-order chi connectivity index (χ1) is 13.0. The summed E-state index contributed by atoms with van der Waals surface area (Å²) in [7, 11) is 3.31. The number of hydrogen-bond donors (Lipinski definition) is 0. The van der Waals surface area contributed by atoms with Crippen LogP contribution in [-0.2, 0) is 6.54 Å². The first kappa shape index (κ1) is 19.8. The van der Waals surface area contributed by atoms with Gasteiger partial charge in [-0.05, 0) is 36.4 Å². The van der Waals surface area contributed by atoms with Crippen molar-refractivity contribution in [1.29, 1.82) is 0 Å². The summed E-state index contributed by atoms with van der Waals surface area (Å²) >= 11 is 12.2. The number of carbonyl (C=O) groups is 1. The minimum atomic E-state index is -0.0823. The van der Waals surface area contributed by atoms with Crippen LogP contribution in [0.5, 0.6) is 11.5 Å². The molecule has 0 aliphatic carbocycles. The van der Waals surface area contributed by atoms with E-state index in [-0.39, 0.29) is 5.91 Å². The molecule has 0 spiro atoms. The van der Waals surface area contributed by atoms with E-state index >= 15 is 0 Å². The number of rotatable bonds is 5. The van der Waals surface area contributed by atoms with Gasteiger partial charge in [-0.15, -0.1) is 0 Å². The normalized spacial score (nSPS) is 14.9. The Morgan fingerprint density at radius 2 is 1.74 bits per heavy atom. The highest BCUT2D eigenvalue weighted by Gasteiger charge is 2.24. The van der Waals surface area contributed by atoms with E-state index in [0.29, 0.717) is 28.7 Å². The van der Waals surface area contributed by atoms with Crippen LogP contribution in [0.15, 0.2) is 36.4 Å². The van der Waals surface area contributed by atoms with E-state index in [4.69, 9.17) is 32.7 Å². The summed E-state index contributed by atoms with van der Waals surface area (Å²) in [6.07, 6.45) is 0. The zero-order chi connectivity index (χ0) is 19.4. The summed E-state index contributed by atoms with van der Waals surface area (Å²) in [5.41, 5.74) is 1.52. The molecule has 0 saturated carbocycles. The number of piperazine rings is 1. The van der Waals surface area contributed by atoms with Gasteiger partial charge in [-0.25, -0.2) is 0 Å². The van der Waals surface area contributed by atoms with Crippen molar-refractivity contribution in [3.8, 4) is 11.5 Å². The lowest BCUT2D eigenvalue weighted by molar-refractivity contribution is 0.0627. The van der Waals surface area contributed by atoms with Crippen LogP contribution in [0.4, 0.5) is 0 Å². The van der Waals surface area contributed by atoms with Crippen molar-refractivity contribution in [1.82, 2.24) is 9.80 Å². The van der Waals surface area contributed by atoms with Crippen molar-refractivity contribution in [3.05, 3.63) is 57.6 Å². The van der Waals surface area contributed by atoms with Crippen LogP contribution in [0.25, 0.3) is 0 Å². The number of carbonyl (C=O) groups excluding carboxylic acids is 1. The number of halogens is 2. The summed E-state index contributed by atoms with van der Waals surface area (Å²) in [5.74, 6) is 1.55. The zero-order valence-corrected chi connectivity index (χ0v) is 16.9. The molecule has 0 radical (unpaired) electrons. The van der Waals surface area contributed by atoms with E-state index in [9.17, 15) is 4.79 Å². The Balaban J connectivity index is 1.64. The summed E-state index contributed by atoms with van der Waals surface area (Å²) in [6.45, 7) is 3.54. The van der Waals surface area contributed by atoms with E-state index in [2.05, 4.69) is 4.90 Å². The fourth-order valence-electron chi connectivity index (χ4n) is 3.19. The van der Waals surface area contributed by atoms with Crippen LogP contribution >= 0.6 is 23.2 Å². The molecule has 1 fully saturated rings. The SMILES string of the molecule is COc1ccc(OC)c(CN2CCN(C(=O)c3cc(Cl)ccc3Cl)CC2)c1. The van der Waals surface area contributed by atoms with Crippen molar-refractivity contribution in [3.63, 3.8) is 0 Å². The Morgan fingerprint density at radius 1 is 1.00 bits per heavy atom. The minimum absolute atomic E-state index is 0.0823. The number of benzene rings is 2. The van der Waals surface area contributed by atoms with Gasteiger partial charge in [0.1, 0.15) is 11.5 Å². The maximum Gasteiger partial charge on any atom is 0.255 e. The molecule has 1 aliphatic rings. The smallest absolute Gasteiger partial charge is 0.255 e. The fourth-order valence-corrected chi connectivity index (χ4v) is 3.56. The van der Waals surface area contributed by atoms with Crippen LogP contribution in [-0.4, -0.2) is 56.1 Å². The van der Waals surface area contributed by atoms with Crippen LogP contribution in [0.2, 0.25) is 10.0 Å². The molecule has 0 aromatic heterocycles. The molecular formula is C20H22Cl2N2O3. The number of methoxy groups -OCH3 is 2. The second-order valence-electron chi connectivity index (χ2n) is 6.37. The Kier molecular flexibility index (Phi) is 6.47. The number of amides is 1. The van der Waals surface area contributed by atoms with E-state index < -0.39 is 0 Å². The predicted molar refractivity (Wildman–Crippen MR) is 107 cm³/mol. The standard InChI is InChI=1S/C20H22Cl2N2O3/c1-26-16-4-6-19(27-2)14(11-16)13-23-7-9-24(10-8-23)20(25)17-12-15(21)3-5-18(17)22/h3-6,11-12H,7-10,13H2,1-2H3. The monoisotopic (exact) mass is 408 g/mol. The van der Waals surface area contributed by atoms with Crippen LogP contribution in [0.1, 0.15) is 15.9 Å². The number of hydrogen-bond acceptors (Lipinski definition) is 4. The van der Waals surface area contributed by atoms with Crippen molar-refractivity contribution < 1.29 is 14.3 Å². The van der Waals surface area contributed by atoms with Crippen molar-refractivity contribution in [2.24, 2.45) is 0 Å². The molecule has 0 bridgehead atoms. The molecule has 0 unspecified atom stereocenters. The van der Waals surface area contributed by atoms with Crippen molar-refractivity contribution in [2.75, 3.05) is 40.4 Å². The van der Waals surface area contributed by atoms with Crippen molar-refractivity contribution >= 4 is 29.1 Å². The summed E-state index contributed by atoms with van der Waals surface area (Å²) in [5, 5.41) is 0.930. The molecule has 1 aliphatic heterocycles. The molecule has 2 aromatic rings. The highest BCUT2D eigenvalue weighted by Crippen LogP contribution is 2.26. The molecule has 1 heterocycles.